The Balaban J connectivity index is 1.39. The van der Waals surface area contributed by atoms with Crippen molar-refractivity contribution in [3.8, 4) is 5.75 Å². The van der Waals surface area contributed by atoms with E-state index in [-0.39, 0.29) is 29.0 Å². The van der Waals surface area contributed by atoms with Crippen molar-refractivity contribution in [3.05, 3.63) is 48.0 Å². The quantitative estimate of drug-likeness (QED) is 0.493. The number of hydrogen-bond donors (Lipinski definition) is 1. The number of carbonyl (C=O) groups is 1. The normalized spacial score (nSPS) is 16.5. The van der Waals surface area contributed by atoms with Crippen LogP contribution in [-0.4, -0.2) is 52.0 Å². The van der Waals surface area contributed by atoms with Gasteiger partial charge in [-0.2, -0.15) is 0 Å². The van der Waals surface area contributed by atoms with Gasteiger partial charge < -0.3 is 15.0 Å². The van der Waals surface area contributed by atoms with Crippen LogP contribution in [0, 0.1) is 12.7 Å². The molecule has 2 fully saturated rings. The van der Waals surface area contributed by atoms with Gasteiger partial charge in [0.05, 0.1) is 16.9 Å². The summed E-state index contributed by atoms with van der Waals surface area (Å²) in [5, 5.41) is 4.16. The minimum atomic E-state index is -0.432. The molecule has 3 aromatic rings. The Morgan fingerprint density at radius 2 is 1.91 bits per heavy atom. The van der Waals surface area contributed by atoms with Crippen LogP contribution in [-0.2, 0) is 15.5 Å². The SMILES string of the molecule is Cc1cc(N=S2CCCC2)cc2ncnc(Nc3ccc(F)cc3OCC(=O)N3CCCCC3)c12. The van der Waals surface area contributed by atoms with Gasteiger partial charge in [-0.3, -0.25) is 4.79 Å². The fraction of sp³-hybridized carbons (Fsp3) is 0.423. The molecule has 0 atom stereocenters. The molecule has 1 aromatic heterocycles. The molecule has 3 heterocycles. The first kappa shape index (κ1) is 23.7. The molecule has 2 aromatic carbocycles. The average Bonchev–Trinajstić information content (AvgIpc) is 3.37. The highest BCUT2D eigenvalue weighted by Gasteiger charge is 2.18. The number of aromatic nitrogens is 2. The number of rotatable bonds is 6. The van der Waals surface area contributed by atoms with Crippen molar-refractivity contribution in [1.82, 2.24) is 14.9 Å². The summed E-state index contributed by atoms with van der Waals surface area (Å²) in [7, 11) is 0.103. The first-order valence-electron chi connectivity index (χ1n) is 12.2. The third-order valence-corrected chi connectivity index (χ3v) is 8.41. The summed E-state index contributed by atoms with van der Waals surface area (Å²) in [6.07, 6.45) is 7.17. The lowest BCUT2D eigenvalue weighted by atomic mass is 10.1. The molecule has 0 spiro atoms. The number of fused-ring (bicyclic) bond motifs is 1. The fourth-order valence-electron chi connectivity index (χ4n) is 4.62. The molecule has 35 heavy (non-hydrogen) atoms. The minimum absolute atomic E-state index is 0.0810. The maximum absolute atomic E-state index is 14.1. The van der Waals surface area contributed by atoms with Gasteiger partial charge in [-0.15, -0.1) is 0 Å². The van der Waals surface area contributed by atoms with Crippen molar-refractivity contribution in [3.63, 3.8) is 0 Å². The Hall–Kier alpha value is -3.07. The van der Waals surface area contributed by atoms with Crippen LogP contribution in [0.1, 0.15) is 37.7 Å². The second-order valence-electron chi connectivity index (χ2n) is 9.04. The van der Waals surface area contributed by atoms with Gasteiger partial charge in [0.1, 0.15) is 23.7 Å². The second-order valence-corrected chi connectivity index (χ2v) is 11.0. The second kappa shape index (κ2) is 10.7. The van der Waals surface area contributed by atoms with E-state index in [1.54, 1.807) is 6.07 Å². The molecular formula is C26H30FN5O2S. The minimum Gasteiger partial charge on any atom is -0.481 e. The lowest BCUT2D eigenvalue weighted by molar-refractivity contribution is -0.134. The van der Waals surface area contributed by atoms with Crippen LogP contribution in [0.2, 0.25) is 0 Å². The van der Waals surface area contributed by atoms with Crippen molar-refractivity contribution < 1.29 is 13.9 Å². The average molecular weight is 496 g/mol. The lowest BCUT2D eigenvalue weighted by Gasteiger charge is -2.26. The highest BCUT2D eigenvalue weighted by Crippen LogP contribution is 2.34. The summed E-state index contributed by atoms with van der Waals surface area (Å²) in [6.45, 7) is 3.39. The van der Waals surface area contributed by atoms with Gasteiger partial charge in [0.15, 0.2) is 6.61 Å². The molecular weight excluding hydrogens is 465 g/mol. The van der Waals surface area contributed by atoms with Crippen molar-refractivity contribution in [2.75, 3.05) is 36.5 Å². The molecule has 1 N–H and O–H groups in total. The highest BCUT2D eigenvalue weighted by atomic mass is 32.2. The molecule has 0 unspecified atom stereocenters. The molecule has 2 saturated heterocycles. The molecule has 9 heteroatoms. The zero-order valence-electron chi connectivity index (χ0n) is 19.9. The van der Waals surface area contributed by atoms with Gasteiger partial charge >= 0.3 is 0 Å². The van der Waals surface area contributed by atoms with Crippen molar-refractivity contribution in [2.45, 2.75) is 39.0 Å². The monoisotopic (exact) mass is 495 g/mol. The third-order valence-electron chi connectivity index (χ3n) is 6.42. The fourth-order valence-corrected chi connectivity index (χ4v) is 6.49. The summed E-state index contributed by atoms with van der Waals surface area (Å²) in [6, 6.07) is 8.32. The van der Waals surface area contributed by atoms with E-state index in [0.717, 1.165) is 54.5 Å². The van der Waals surface area contributed by atoms with Crippen molar-refractivity contribution in [2.24, 2.45) is 4.36 Å². The summed E-state index contributed by atoms with van der Waals surface area (Å²) in [5.74, 6) is 2.69. The van der Waals surface area contributed by atoms with E-state index in [4.69, 9.17) is 9.10 Å². The van der Waals surface area contributed by atoms with Crippen molar-refractivity contribution >= 4 is 44.7 Å². The number of nitrogens with one attached hydrogen (secondary N) is 1. The number of amides is 1. The number of benzene rings is 2. The Morgan fingerprint density at radius 3 is 2.71 bits per heavy atom. The molecule has 2 aliphatic heterocycles. The van der Waals surface area contributed by atoms with Crippen LogP contribution in [0.4, 0.5) is 21.6 Å². The number of hydrogen-bond acceptors (Lipinski definition) is 6. The van der Waals surface area contributed by atoms with Gasteiger partial charge in [-0.1, -0.05) is 10.7 Å². The van der Waals surface area contributed by atoms with Gasteiger partial charge in [0.2, 0.25) is 0 Å². The largest absolute Gasteiger partial charge is 0.481 e. The van der Waals surface area contributed by atoms with E-state index in [0.29, 0.717) is 11.5 Å². The predicted molar refractivity (Wildman–Crippen MR) is 138 cm³/mol. The first-order valence-corrected chi connectivity index (χ1v) is 13.7. The molecule has 0 aliphatic carbocycles. The number of aryl methyl sites for hydroxylation is 1. The summed E-state index contributed by atoms with van der Waals surface area (Å²) >= 11 is 0. The Kier molecular flexibility index (Phi) is 7.22. The number of carbonyl (C=O) groups excluding carboxylic acids is 1. The van der Waals surface area contributed by atoms with Crippen LogP contribution in [0.5, 0.6) is 5.75 Å². The molecule has 2 aliphatic rings. The van der Waals surface area contributed by atoms with Gasteiger partial charge in [0.25, 0.3) is 5.91 Å². The first-order chi connectivity index (χ1) is 17.1. The van der Waals surface area contributed by atoms with Crippen LogP contribution < -0.4 is 10.1 Å². The maximum Gasteiger partial charge on any atom is 0.260 e. The molecule has 5 rings (SSSR count). The van der Waals surface area contributed by atoms with E-state index < -0.39 is 5.82 Å². The van der Waals surface area contributed by atoms with Gasteiger partial charge in [0, 0.05) is 36.0 Å². The summed E-state index contributed by atoms with van der Waals surface area (Å²) in [5.41, 5.74) is 3.30. The van der Waals surface area contributed by atoms with E-state index in [1.807, 2.05) is 17.9 Å². The Morgan fingerprint density at radius 1 is 1.11 bits per heavy atom. The van der Waals surface area contributed by atoms with Crippen LogP contribution in [0.25, 0.3) is 10.9 Å². The molecule has 7 nitrogen and oxygen atoms in total. The van der Waals surface area contributed by atoms with E-state index in [2.05, 4.69) is 21.4 Å². The standard InChI is InChI=1S/C26H30FN5O2S/c1-18-13-20(31-35-11-5-6-12-35)15-22-25(18)26(29-17-28-22)30-21-8-7-19(27)14-23(21)34-16-24(33)32-9-3-2-4-10-32/h7-8,13-15,17H,2-6,9-12,16H2,1H3,(H,28,29,30). The molecule has 0 bridgehead atoms. The highest BCUT2D eigenvalue weighted by molar-refractivity contribution is 7.87. The zero-order valence-corrected chi connectivity index (χ0v) is 20.7. The maximum atomic E-state index is 14.1. The molecule has 184 valence electrons. The number of anilines is 2. The van der Waals surface area contributed by atoms with Crippen LogP contribution >= 0.6 is 0 Å². The summed E-state index contributed by atoms with van der Waals surface area (Å²) in [4.78, 5) is 23.3. The molecule has 0 saturated carbocycles. The van der Waals surface area contributed by atoms with E-state index >= 15 is 0 Å². The Bertz CT molecular complexity index is 1270. The number of halogens is 1. The lowest BCUT2D eigenvalue weighted by Crippen LogP contribution is -2.38. The summed E-state index contributed by atoms with van der Waals surface area (Å²) < 4.78 is 24.8. The third kappa shape index (κ3) is 5.61. The zero-order chi connectivity index (χ0) is 24.2. The van der Waals surface area contributed by atoms with E-state index in [9.17, 15) is 9.18 Å². The number of ether oxygens (including phenoxy) is 1. The van der Waals surface area contributed by atoms with Crippen LogP contribution in [0.3, 0.4) is 0 Å². The van der Waals surface area contributed by atoms with Gasteiger partial charge in [-0.25, -0.2) is 18.7 Å². The van der Waals surface area contributed by atoms with Crippen LogP contribution in [0.15, 0.2) is 41.0 Å². The number of piperidine rings is 1. The smallest absolute Gasteiger partial charge is 0.260 e. The van der Waals surface area contributed by atoms with Gasteiger partial charge in [-0.05, 0) is 68.9 Å². The number of likely N-dealkylation sites (tertiary alicyclic amines) is 1. The van der Waals surface area contributed by atoms with Crippen molar-refractivity contribution in [1.29, 1.82) is 0 Å². The number of nitrogens with zero attached hydrogens (tertiary/aromatic N) is 4. The molecule has 1 amide bonds. The topological polar surface area (TPSA) is 79.7 Å². The predicted octanol–water partition coefficient (Wildman–Crippen LogP) is 5.44. The Labute approximate surface area is 207 Å². The molecule has 0 radical (unpaired) electrons. The van der Waals surface area contributed by atoms with E-state index in [1.165, 1.54) is 42.8 Å².